The Morgan fingerprint density at radius 2 is 1.38 bits per heavy atom. The maximum atomic E-state index is 11.5. The Balaban J connectivity index is 0.00000427. The monoisotopic (exact) mass is 899 g/mol. The zero-order chi connectivity index (χ0) is 37.5. The maximum Gasteiger partial charge on any atom is 0.147 e. The molecule has 1 N–H and O–H groups in total. The van der Waals surface area contributed by atoms with Crippen LogP contribution >= 0.6 is 0 Å². The van der Waals surface area contributed by atoms with E-state index in [9.17, 15) is 5.11 Å². The number of para-hydroxylation sites is 2. The second kappa shape index (κ2) is 13.4. The molecule has 55 heavy (non-hydrogen) atoms. The maximum absolute atomic E-state index is 11.5. The van der Waals surface area contributed by atoms with Crippen molar-refractivity contribution in [3.8, 4) is 45.1 Å². The number of phenolic OH excluding ortho intramolecular Hbond substituents is 1. The van der Waals surface area contributed by atoms with Gasteiger partial charge in [0.25, 0.3) is 0 Å². The van der Waals surface area contributed by atoms with Crippen LogP contribution < -0.4 is 0 Å². The third-order valence-electron chi connectivity index (χ3n) is 10.7. The quantitative estimate of drug-likeness (QED) is 0.179. The summed E-state index contributed by atoms with van der Waals surface area (Å²) in [5.74, 6) is 0.890. The number of hydrogen-bond acceptors (Lipinski definition) is 4. The van der Waals surface area contributed by atoms with Gasteiger partial charge in [0.2, 0.25) is 0 Å². The van der Waals surface area contributed by atoms with Gasteiger partial charge in [-0.1, -0.05) is 107 Å². The summed E-state index contributed by atoms with van der Waals surface area (Å²) in [6.07, 6.45) is 1.89. The summed E-state index contributed by atoms with van der Waals surface area (Å²) in [5, 5.41) is 14.6. The zero-order valence-electron chi connectivity index (χ0n) is 32.1. The van der Waals surface area contributed by atoms with Crippen molar-refractivity contribution in [1.82, 2.24) is 14.5 Å². The molecule has 3 aromatic heterocycles. The number of rotatable bonds is 4. The second-order valence-corrected chi connectivity index (χ2v) is 16.5. The fourth-order valence-corrected chi connectivity index (χ4v) is 7.67. The van der Waals surface area contributed by atoms with Gasteiger partial charge in [-0.25, -0.2) is 0 Å². The molecule has 0 unspecified atom stereocenters. The molecule has 6 aromatic carbocycles. The third kappa shape index (κ3) is 6.15. The Labute approximate surface area is 336 Å². The molecule has 3 heterocycles. The molecule has 276 valence electrons. The van der Waals surface area contributed by atoms with Crippen molar-refractivity contribution in [2.75, 3.05) is 0 Å². The smallest absolute Gasteiger partial charge is 0.147 e. The van der Waals surface area contributed by atoms with Crippen LogP contribution in [0.2, 0.25) is 0 Å². The summed E-state index contributed by atoms with van der Waals surface area (Å²) in [7, 11) is 0. The zero-order valence-corrected chi connectivity index (χ0v) is 34.3. The number of fused-ring (bicyclic) bond motifs is 5. The van der Waals surface area contributed by atoms with Crippen molar-refractivity contribution >= 4 is 43.9 Å². The summed E-state index contributed by atoms with van der Waals surface area (Å²) in [6, 6.07) is 43.3. The Bertz CT molecular complexity index is 2920. The fourth-order valence-electron chi connectivity index (χ4n) is 7.67. The Morgan fingerprint density at radius 1 is 0.655 bits per heavy atom. The Hall–Kier alpha value is -5.51. The van der Waals surface area contributed by atoms with Crippen LogP contribution in [0.5, 0.6) is 5.75 Å². The predicted molar refractivity (Wildman–Crippen MR) is 223 cm³/mol. The number of benzene rings is 6. The molecule has 0 aliphatic heterocycles. The van der Waals surface area contributed by atoms with Crippen LogP contribution in [0.1, 0.15) is 58.2 Å². The summed E-state index contributed by atoms with van der Waals surface area (Å²) in [5.41, 5.74) is 12.9. The van der Waals surface area contributed by atoms with Gasteiger partial charge in [0.15, 0.2) is 0 Å². The Morgan fingerprint density at radius 3 is 2.15 bits per heavy atom. The van der Waals surface area contributed by atoms with E-state index in [1.807, 2.05) is 42.6 Å². The van der Waals surface area contributed by atoms with E-state index < -0.39 is 0 Å². The van der Waals surface area contributed by atoms with Crippen LogP contribution in [0.4, 0.5) is 0 Å². The summed E-state index contributed by atoms with van der Waals surface area (Å²) >= 11 is 0. The number of pyridine rings is 1. The van der Waals surface area contributed by atoms with E-state index in [1.165, 1.54) is 16.7 Å². The normalized spacial score (nSPS) is 12.2. The minimum atomic E-state index is -0.0549. The van der Waals surface area contributed by atoms with E-state index in [4.69, 9.17) is 14.4 Å². The first kappa shape index (κ1) is 36.5. The number of hydrogen-bond donors (Lipinski definition) is 1. The van der Waals surface area contributed by atoms with Gasteiger partial charge in [-0.15, -0.1) is 29.8 Å². The molecule has 0 aliphatic carbocycles. The first-order valence-corrected chi connectivity index (χ1v) is 18.6. The number of phenols is 1. The van der Waals surface area contributed by atoms with Gasteiger partial charge in [-0.3, -0.25) is 9.97 Å². The molecule has 9 aromatic rings. The number of furan rings is 1. The van der Waals surface area contributed by atoms with Crippen LogP contribution in [0.25, 0.3) is 83.2 Å². The first-order chi connectivity index (χ1) is 25.9. The van der Waals surface area contributed by atoms with E-state index in [0.29, 0.717) is 11.1 Å². The van der Waals surface area contributed by atoms with Crippen molar-refractivity contribution in [1.29, 1.82) is 0 Å². The average molecular weight is 900 g/mol. The van der Waals surface area contributed by atoms with Crippen molar-refractivity contribution in [2.24, 2.45) is 0 Å². The molecule has 0 bridgehead atoms. The Kier molecular flexibility index (Phi) is 8.85. The van der Waals surface area contributed by atoms with E-state index in [-0.39, 0.29) is 37.6 Å². The van der Waals surface area contributed by atoms with Crippen LogP contribution in [-0.4, -0.2) is 19.6 Å². The number of nitrogens with zero attached hydrogens (tertiary/aromatic N) is 3. The minimum Gasteiger partial charge on any atom is -0.507 e. The van der Waals surface area contributed by atoms with E-state index >= 15 is 0 Å². The van der Waals surface area contributed by atoms with Gasteiger partial charge in [0, 0.05) is 54.8 Å². The molecule has 0 saturated carbocycles. The van der Waals surface area contributed by atoms with Gasteiger partial charge in [0.1, 0.15) is 16.9 Å². The summed E-state index contributed by atoms with van der Waals surface area (Å²) < 4.78 is 8.67. The molecule has 0 aliphatic rings. The molecule has 0 atom stereocenters. The van der Waals surface area contributed by atoms with E-state index in [2.05, 4.69) is 132 Å². The molecule has 0 amide bonds. The van der Waals surface area contributed by atoms with E-state index in [1.54, 1.807) is 6.07 Å². The fraction of sp³-hybridized carbons (Fsp3) is 0.184. The van der Waals surface area contributed by atoms with Crippen LogP contribution in [-0.2, 0) is 31.9 Å². The molecule has 0 radical (unpaired) electrons. The molecular weight excluding hydrogens is 858 g/mol. The van der Waals surface area contributed by atoms with Crippen molar-refractivity contribution in [3.63, 3.8) is 0 Å². The van der Waals surface area contributed by atoms with Crippen LogP contribution in [0.3, 0.4) is 0 Å². The number of aromatic hydroxyl groups is 1. The summed E-state index contributed by atoms with van der Waals surface area (Å²) in [6.45, 7) is 15.6. The molecule has 5 nitrogen and oxygen atoms in total. The number of aryl methyl sites for hydroxylation is 1. The minimum absolute atomic E-state index is 0. The van der Waals surface area contributed by atoms with E-state index in [0.717, 1.165) is 72.1 Å². The first-order valence-electron chi connectivity index (χ1n) is 18.6. The van der Waals surface area contributed by atoms with Gasteiger partial charge < -0.3 is 14.1 Å². The van der Waals surface area contributed by atoms with Crippen LogP contribution in [0, 0.1) is 13.0 Å². The topological polar surface area (TPSA) is 64.1 Å². The van der Waals surface area contributed by atoms with Gasteiger partial charge in [-0.05, 0) is 82.3 Å². The number of imidazole rings is 1. The average Bonchev–Trinajstić information content (AvgIpc) is 3.73. The molecule has 0 spiro atoms. The largest absolute Gasteiger partial charge is 0.507 e. The van der Waals surface area contributed by atoms with Crippen molar-refractivity contribution in [3.05, 3.63) is 144 Å². The molecule has 6 heteroatoms. The SMILES string of the molecule is Cc1ccnc2c(-c3[c-]c(-c4nc5c(-c6c(O)ccc7c6oc6ccccc67)cccc5n4-c4ccc(C(C)(C)C)cc4)ccc3)cc(C(C)(C)C)cc12.[Pt]. The van der Waals surface area contributed by atoms with Crippen molar-refractivity contribution < 1.29 is 30.6 Å². The predicted octanol–water partition coefficient (Wildman–Crippen LogP) is 12.9. The van der Waals surface area contributed by atoms with Gasteiger partial charge >= 0.3 is 0 Å². The molecule has 9 rings (SSSR count). The molecule has 0 saturated heterocycles. The van der Waals surface area contributed by atoms with Crippen LogP contribution in [0.15, 0.2) is 126 Å². The molecule has 0 fully saturated rings. The summed E-state index contributed by atoms with van der Waals surface area (Å²) in [4.78, 5) is 10.3. The third-order valence-corrected chi connectivity index (χ3v) is 10.7. The van der Waals surface area contributed by atoms with Gasteiger partial charge in [0.05, 0.1) is 22.4 Å². The second-order valence-electron chi connectivity index (χ2n) is 16.5. The molecular formula is C49H42N3O2Pt-. The number of aromatic nitrogens is 3. The van der Waals surface area contributed by atoms with Gasteiger partial charge in [-0.2, -0.15) is 0 Å². The standard InChI is InChI=1S/C49H42N3O2.Pt/c1-29-24-25-50-44-38(29)27-33(49(5,6)7)28-39(44)30-12-10-13-31(26-30)47-51-45-37(43-41(53)23-22-36-35-14-8-9-17-42(35)54-46(36)43)15-11-16-40(45)52(47)34-20-18-32(19-21-34)48(2,3)4;/h8-25,27-28,53H,1-7H3;/q-1;. The van der Waals surface area contributed by atoms with Crippen molar-refractivity contribution in [2.45, 2.75) is 59.3 Å².